The summed E-state index contributed by atoms with van der Waals surface area (Å²) in [6, 6.07) is 7.26. The zero-order valence-electron chi connectivity index (χ0n) is 12.6. The number of nitrogens with one attached hydrogen (secondary N) is 1. The quantitative estimate of drug-likeness (QED) is 0.566. The van der Waals surface area contributed by atoms with Gasteiger partial charge in [0.15, 0.2) is 5.17 Å². The zero-order valence-corrected chi connectivity index (χ0v) is 16.5. The van der Waals surface area contributed by atoms with Crippen LogP contribution in [0.3, 0.4) is 0 Å². The van der Waals surface area contributed by atoms with E-state index in [2.05, 4.69) is 14.7 Å². The van der Waals surface area contributed by atoms with E-state index in [-0.39, 0.29) is 25.0 Å². The number of rotatable bonds is 3. The Labute approximate surface area is 168 Å². The van der Waals surface area contributed by atoms with Crippen molar-refractivity contribution in [2.45, 2.75) is 4.90 Å². The molecule has 0 spiro atoms. The lowest BCUT2D eigenvalue weighted by molar-refractivity contribution is -0.115. The third-order valence-electron chi connectivity index (χ3n) is 3.07. The summed E-state index contributed by atoms with van der Waals surface area (Å²) in [6.07, 6.45) is 3.03. The molecule has 1 aromatic carbocycles. The second-order valence-electron chi connectivity index (χ2n) is 4.93. The standard InChI is InChI=1S/C15H8Cl3N3O3S2/c16-9-2-3-10(17)12(6-9)26(23,24)21-15-20-14(22)11(25-15)5-8-1-4-13(18)19-7-8/h1-7H,(H,20,21,22)/b11-5+. The molecule has 26 heavy (non-hydrogen) atoms. The molecule has 1 N–H and O–H groups in total. The molecule has 2 aromatic rings. The lowest BCUT2D eigenvalue weighted by atomic mass is 10.2. The van der Waals surface area contributed by atoms with Crippen molar-refractivity contribution in [3.63, 3.8) is 0 Å². The molecule has 134 valence electrons. The van der Waals surface area contributed by atoms with Gasteiger partial charge < -0.3 is 0 Å². The number of carbonyl (C=O) groups is 1. The van der Waals surface area contributed by atoms with Gasteiger partial charge in [-0.1, -0.05) is 40.9 Å². The number of benzene rings is 1. The van der Waals surface area contributed by atoms with Crippen LogP contribution in [0.1, 0.15) is 5.56 Å². The van der Waals surface area contributed by atoms with Crippen molar-refractivity contribution >= 4 is 73.7 Å². The topological polar surface area (TPSA) is 88.5 Å². The van der Waals surface area contributed by atoms with Gasteiger partial charge in [-0.2, -0.15) is 8.42 Å². The lowest BCUT2D eigenvalue weighted by Gasteiger charge is -2.03. The molecule has 1 aliphatic rings. The number of aromatic nitrogens is 1. The normalized spacial score (nSPS) is 17.7. The molecule has 0 atom stereocenters. The minimum Gasteiger partial charge on any atom is -0.300 e. The number of carbonyl (C=O) groups excluding carboxylic acids is 1. The Hall–Kier alpha value is -1.58. The maximum atomic E-state index is 12.4. The number of nitrogens with zero attached hydrogens (tertiary/aromatic N) is 2. The van der Waals surface area contributed by atoms with Crippen LogP contribution >= 0.6 is 46.6 Å². The first-order chi connectivity index (χ1) is 12.2. The Morgan fingerprint density at radius 2 is 1.92 bits per heavy atom. The molecule has 11 heteroatoms. The van der Waals surface area contributed by atoms with Crippen molar-refractivity contribution in [3.8, 4) is 0 Å². The predicted molar refractivity (Wildman–Crippen MR) is 104 cm³/mol. The van der Waals surface area contributed by atoms with Crippen LogP contribution in [0.15, 0.2) is 50.7 Å². The van der Waals surface area contributed by atoms with Crippen LogP contribution in [-0.2, 0) is 14.8 Å². The zero-order chi connectivity index (χ0) is 18.9. The van der Waals surface area contributed by atoms with Crippen molar-refractivity contribution in [3.05, 3.63) is 62.2 Å². The molecule has 1 fully saturated rings. The molecule has 0 saturated carbocycles. The van der Waals surface area contributed by atoms with E-state index in [1.165, 1.54) is 24.4 Å². The average molecular weight is 449 g/mol. The van der Waals surface area contributed by atoms with Crippen LogP contribution in [0, 0.1) is 0 Å². The summed E-state index contributed by atoms with van der Waals surface area (Å²) in [4.78, 5) is 16.0. The Morgan fingerprint density at radius 1 is 1.15 bits per heavy atom. The predicted octanol–water partition coefficient (Wildman–Crippen LogP) is 3.99. The van der Waals surface area contributed by atoms with Crippen LogP contribution in [0.4, 0.5) is 0 Å². The fourth-order valence-electron chi connectivity index (χ4n) is 1.93. The SMILES string of the molecule is O=C1NC(=NS(=O)(=O)c2cc(Cl)ccc2Cl)S/C1=C/c1ccc(Cl)nc1. The van der Waals surface area contributed by atoms with Gasteiger partial charge in [-0.05, 0) is 47.7 Å². The fourth-order valence-corrected chi connectivity index (χ4v) is 4.77. The van der Waals surface area contributed by atoms with E-state index < -0.39 is 15.9 Å². The van der Waals surface area contributed by atoms with E-state index in [9.17, 15) is 13.2 Å². The molecule has 0 unspecified atom stereocenters. The maximum absolute atomic E-state index is 12.4. The number of hydrogen-bond acceptors (Lipinski definition) is 5. The van der Waals surface area contributed by atoms with E-state index in [0.29, 0.717) is 10.7 Å². The molecule has 0 bridgehead atoms. The molecular formula is C15H8Cl3N3O3S2. The molecular weight excluding hydrogens is 441 g/mol. The summed E-state index contributed by atoms with van der Waals surface area (Å²) in [7, 11) is -4.14. The molecule has 6 nitrogen and oxygen atoms in total. The number of sulfonamides is 1. The number of halogens is 3. The highest BCUT2D eigenvalue weighted by molar-refractivity contribution is 8.19. The minimum absolute atomic E-state index is 0.0175. The van der Waals surface area contributed by atoms with Crippen molar-refractivity contribution in [1.29, 1.82) is 0 Å². The number of pyridine rings is 1. The van der Waals surface area contributed by atoms with Gasteiger partial charge in [-0.25, -0.2) is 4.98 Å². The second kappa shape index (κ2) is 7.58. The highest BCUT2D eigenvalue weighted by Gasteiger charge is 2.27. The highest BCUT2D eigenvalue weighted by Crippen LogP contribution is 2.30. The van der Waals surface area contributed by atoms with Gasteiger partial charge >= 0.3 is 0 Å². The van der Waals surface area contributed by atoms with Gasteiger partial charge in [0.05, 0.1) is 9.93 Å². The van der Waals surface area contributed by atoms with Crippen molar-refractivity contribution in [2.24, 2.45) is 4.40 Å². The summed E-state index contributed by atoms with van der Waals surface area (Å²) in [5.41, 5.74) is 0.633. The molecule has 1 saturated heterocycles. The number of amides is 1. The molecule has 1 amide bonds. The van der Waals surface area contributed by atoms with E-state index in [1.54, 1.807) is 18.2 Å². The molecule has 2 heterocycles. The first-order valence-corrected chi connectivity index (χ1v) is 10.3. The van der Waals surface area contributed by atoms with Crippen molar-refractivity contribution in [1.82, 2.24) is 10.3 Å². The van der Waals surface area contributed by atoms with Crippen LogP contribution in [-0.4, -0.2) is 24.5 Å². The van der Waals surface area contributed by atoms with Gasteiger partial charge in [-0.3, -0.25) is 10.1 Å². The molecule has 0 radical (unpaired) electrons. The monoisotopic (exact) mass is 447 g/mol. The molecule has 0 aliphatic carbocycles. The Balaban J connectivity index is 1.90. The summed E-state index contributed by atoms with van der Waals surface area (Å²) in [5, 5.41) is 2.82. The van der Waals surface area contributed by atoms with Crippen molar-refractivity contribution < 1.29 is 13.2 Å². The summed E-state index contributed by atoms with van der Waals surface area (Å²) in [6.45, 7) is 0. The Bertz CT molecular complexity index is 1050. The lowest BCUT2D eigenvalue weighted by Crippen LogP contribution is -2.20. The summed E-state index contributed by atoms with van der Waals surface area (Å²) in [5.74, 6) is -0.476. The number of thioether (sulfide) groups is 1. The van der Waals surface area contributed by atoms with Crippen LogP contribution in [0.25, 0.3) is 6.08 Å². The number of hydrogen-bond donors (Lipinski definition) is 1. The first-order valence-electron chi connectivity index (χ1n) is 6.87. The fraction of sp³-hybridized carbons (Fsp3) is 0. The van der Waals surface area contributed by atoms with E-state index in [0.717, 1.165) is 11.8 Å². The molecule has 3 rings (SSSR count). The van der Waals surface area contributed by atoms with Crippen molar-refractivity contribution in [2.75, 3.05) is 0 Å². The first kappa shape index (κ1) is 19.2. The summed E-state index contributed by atoms with van der Waals surface area (Å²) < 4.78 is 28.5. The third-order valence-corrected chi connectivity index (χ3v) is 6.32. The van der Waals surface area contributed by atoms with E-state index in [1.807, 2.05) is 0 Å². The molecule has 1 aliphatic heterocycles. The van der Waals surface area contributed by atoms with Crippen LogP contribution < -0.4 is 5.32 Å². The van der Waals surface area contributed by atoms with Gasteiger partial charge in [0.25, 0.3) is 15.9 Å². The highest BCUT2D eigenvalue weighted by atomic mass is 35.5. The smallest absolute Gasteiger partial charge is 0.286 e. The van der Waals surface area contributed by atoms with Gasteiger partial charge in [-0.15, -0.1) is 4.40 Å². The van der Waals surface area contributed by atoms with Gasteiger partial charge in [0.2, 0.25) is 0 Å². The second-order valence-corrected chi connectivity index (χ2v) is 8.76. The maximum Gasteiger partial charge on any atom is 0.286 e. The third kappa shape index (κ3) is 4.39. The number of amidine groups is 1. The largest absolute Gasteiger partial charge is 0.300 e. The Kier molecular flexibility index (Phi) is 5.59. The van der Waals surface area contributed by atoms with Crippen LogP contribution in [0.5, 0.6) is 0 Å². The van der Waals surface area contributed by atoms with E-state index >= 15 is 0 Å². The van der Waals surface area contributed by atoms with E-state index in [4.69, 9.17) is 34.8 Å². The van der Waals surface area contributed by atoms with Crippen LogP contribution in [0.2, 0.25) is 15.2 Å². The minimum atomic E-state index is -4.14. The van der Waals surface area contributed by atoms with Gasteiger partial charge in [0, 0.05) is 11.2 Å². The van der Waals surface area contributed by atoms with Gasteiger partial charge in [0.1, 0.15) is 10.0 Å². The Morgan fingerprint density at radius 3 is 2.62 bits per heavy atom. The average Bonchev–Trinajstić information content (AvgIpc) is 2.90. The molecule has 1 aromatic heterocycles. The summed E-state index contributed by atoms with van der Waals surface area (Å²) >= 11 is 18.3.